The fourth-order valence-corrected chi connectivity index (χ4v) is 1.79. The van der Waals surface area contributed by atoms with E-state index in [1.165, 1.54) is 14.1 Å². The first-order valence-corrected chi connectivity index (χ1v) is 5.60. The molecule has 0 saturated heterocycles. The fourth-order valence-electron chi connectivity index (χ4n) is 1.79. The molecule has 0 amide bonds. The Kier molecular flexibility index (Phi) is 3.35. The van der Waals surface area contributed by atoms with E-state index in [9.17, 15) is 23.2 Å². The van der Waals surface area contributed by atoms with E-state index in [1.54, 1.807) is 0 Å². The van der Waals surface area contributed by atoms with Crippen LogP contribution in [0.15, 0.2) is 34.0 Å². The molecule has 0 radical (unpaired) electrons. The number of benzene rings is 1. The molecule has 2 aromatic rings. The number of aryl methyl sites for hydroxylation is 1. The highest BCUT2D eigenvalue weighted by molar-refractivity contribution is 6.08. The van der Waals surface area contributed by atoms with E-state index >= 15 is 0 Å². The molecule has 0 spiro atoms. The number of rotatable bonds is 2. The Morgan fingerprint density at radius 3 is 2.40 bits per heavy atom. The van der Waals surface area contributed by atoms with Crippen LogP contribution in [-0.4, -0.2) is 14.9 Å². The minimum absolute atomic E-state index is 0.404. The zero-order valence-corrected chi connectivity index (χ0v) is 10.7. The van der Waals surface area contributed by atoms with E-state index in [4.69, 9.17) is 0 Å². The highest BCUT2D eigenvalue weighted by Crippen LogP contribution is 2.14. The fraction of sp³-hybridized carbons (Fsp3) is 0.154. The maximum absolute atomic E-state index is 13.6. The first-order chi connectivity index (χ1) is 9.34. The van der Waals surface area contributed by atoms with Crippen molar-refractivity contribution in [2.45, 2.75) is 0 Å². The highest BCUT2D eigenvalue weighted by Gasteiger charge is 2.21. The molecular weight excluding hydrogens is 270 g/mol. The zero-order chi connectivity index (χ0) is 15.0. The molecule has 7 heteroatoms. The second-order valence-corrected chi connectivity index (χ2v) is 4.23. The highest BCUT2D eigenvalue weighted by atomic mass is 19.2. The first-order valence-electron chi connectivity index (χ1n) is 5.60. The lowest BCUT2D eigenvalue weighted by Gasteiger charge is -2.07. The third-order valence-corrected chi connectivity index (χ3v) is 2.89. The largest absolute Gasteiger partial charge is 0.330 e. The summed E-state index contributed by atoms with van der Waals surface area (Å²) in [6.07, 6.45) is 1.01. The van der Waals surface area contributed by atoms with Crippen molar-refractivity contribution in [1.82, 2.24) is 9.13 Å². The van der Waals surface area contributed by atoms with E-state index in [0.717, 1.165) is 33.5 Å². The van der Waals surface area contributed by atoms with Crippen molar-refractivity contribution in [1.29, 1.82) is 0 Å². The molecule has 0 unspecified atom stereocenters. The van der Waals surface area contributed by atoms with Crippen molar-refractivity contribution < 1.29 is 13.6 Å². The third kappa shape index (κ3) is 2.07. The van der Waals surface area contributed by atoms with Gasteiger partial charge >= 0.3 is 5.69 Å². The number of carbonyl (C=O) groups excluding carboxylic acids is 1. The van der Waals surface area contributed by atoms with E-state index in [0.29, 0.717) is 0 Å². The Bertz CT molecular complexity index is 821. The van der Waals surface area contributed by atoms with Gasteiger partial charge in [0.1, 0.15) is 5.56 Å². The SMILES string of the molecule is Cn1cc(C(=O)c2cccc(F)c2F)c(=O)n(C)c1=O. The number of nitrogens with zero attached hydrogens (tertiary/aromatic N) is 2. The molecular formula is C13H10F2N2O3. The van der Waals surface area contributed by atoms with Crippen molar-refractivity contribution in [3.8, 4) is 0 Å². The minimum atomic E-state index is -1.33. The second-order valence-electron chi connectivity index (χ2n) is 4.23. The van der Waals surface area contributed by atoms with Crippen LogP contribution in [0.4, 0.5) is 8.78 Å². The van der Waals surface area contributed by atoms with Gasteiger partial charge in [-0.05, 0) is 12.1 Å². The van der Waals surface area contributed by atoms with Crippen LogP contribution in [0.25, 0.3) is 0 Å². The van der Waals surface area contributed by atoms with E-state index in [2.05, 4.69) is 0 Å². The maximum Gasteiger partial charge on any atom is 0.330 e. The van der Waals surface area contributed by atoms with Gasteiger partial charge in [0.15, 0.2) is 11.6 Å². The van der Waals surface area contributed by atoms with Crippen LogP contribution in [0.1, 0.15) is 15.9 Å². The molecule has 20 heavy (non-hydrogen) atoms. The van der Waals surface area contributed by atoms with E-state index in [-0.39, 0.29) is 0 Å². The average Bonchev–Trinajstić information content (AvgIpc) is 2.43. The van der Waals surface area contributed by atoms with Crippen LogP contribution in [0.3, 0.4) is 0 Å². The van der Waals surface area contributed by atoms with Gasteiger partial charge in [0.2, 0.25) is 5.78 Å². The van der Waals surface area contributed by atoms with Crippen molar-refractivity contribution in [2.75, 3.05) is 0 Å². The summed E-state index contributed by atoms with van der Waals surface area (Å²) < 4.78 is 28.4. The predicted octanol–water partition coefficient (Wildman–Crippen LogP) is 0.593. The molecule has 0 saturated carbocycles. The summed E-state index contributed by atoms with van der Waals surface area (Å²) >= 11 is 0. The lowest BCUT2D eigenvalue weighted by atomic mass is 10.1. The van der Waals surface area contributed by atoms with Crippen LogP contribution in [-0.2, 0) is 14.1 Å². The van der Waals surface area contributed by atoms with Crippen LogP contribution in [0.2, 0.25) is 0 Å². The van der Waals surface area contributed by atoms with E-state index < -0.39 is 39.8 Å². The molecule has 2 rings (SSSR count). The number of hydrogen-bond acceptors (Lipinski definition) is 3. The number of ketones is 1. The lowest BCUT2D eigenvalue weighted by molar-refractivity contribution is 0.103. The van der Waals surface area contributed by atoms with Gasteiger partial charge in [0.05, 0.1) is 5.56 Å². The van der Waals surface area contributed by atoms with Gasteiger partial charge in [0.25, 0.3) is 5.56 Å². The zero-order valence-electron chi connectivity index (χ0n) is 10.7. The van der Waals surface area contributed by atoms with Crippen LogP contribution >= 0.6 is 0 Å². The van der Waals surface area contributed by atoms with Gasteiger partial charge in [-0.3, -0.25) is 14.2 Å². The summed E-state index contributed by atoms with van der Waals surface area (Å²) in [4.78, 5) is 35.5. The number of carbonyl (C=O) groups is 1. The van der Waals surface area contributed by atoms with Gasteiger partial charge in [-0.15, -0.1) is 0 Å². The maximum atomic E-state index is 13.6. The topological polar surface area (TPSA) is 61.1 Å². The summed E-state index contributed by atoms with van der Waals surface area (Å²) in [5.74, 6) is -3.48. The number of halogens is 2. The van der Waals surface area contributed by atoms with Crippen molar-refractivity contribution in [3.63, 3.8) is 0 Å². The quantitative estimate of drug-likeness (QED) is 0.757. The number of aromatic nitrogens is 2. The summed E-state index contributed by atoms with van der Waals surface area (Å²) in [6, 6.07) is 3.11. The van der Waals surface area contributed by atoms with Gasteiger partial charge in [0, 0.05) is 20.3 Å². The summed E-state index contributed by atoms with van der Waals surface area (Å²) in [7, 11) is 2.55. The van der Waals surface area contributed by atoms with Crippen molar-refractivity contribution in [3.05, 3.63) is 68.0 Å². The molecule has 1 heterocycles. The van der Waals surface area contributed by atoms with Crippen LogP contribution in [0, 0.1) is 11.6 Å². The Hall–Kier alpha value is -2.57. The molecule has 0 fully saturated rings. The molecule has 5 nitrogen and oxygen atoms in total. The molecule has 104 valence electrons. The Labute approximate surface area is 111 Å². The van der Waals surface area contributed by atoms with Crippen LogP contribution in [0.5, 0.6) is 0 Å². The summed E-state index contributed by atoms with van der Waals surface area (Å²) in [5.41, 5.74) is -2.44. The Morgan fingerprint density at radius 2 is 1.75 bits per heavy atom. The van der Waals surface area contributed by atoms with Gasteiger partial charge in [-0.2, -0.15) is 0 Å². The Morgan fingerprint density at radius 1 is 1.10 bits per heavy atom. The molecule has 1 aromatic heterocycles. The molecule has 0 aliphatic carbocycles. The monoisotopic (exact) mass is 280 g/mol. The standard InChI is InChI=1S/C13H10F2N2O3/c1-16-6-8(12(19)17(2)13(16)20)11(18)7-4-3-5-9(14)10(7)15/h3-6H,1-2H3. The first kappa shape index (κ1) is 13.9. The lowest BCUT2D eigenvalue weighted by Crippen LogP contribution is -2.39. The van der Waals surface area contributed by atoms with E-state index in [1.807, 2.05) is 0 Å². The van der Waals surface area contributed by atoms with Gasteiger partial charge in [-0.25, -0.2) is 13.6 Å². The second kappa shape index (κ2) is 4.84. The molecule has 1 aromatic carbocycles. The summed E-state index contributed by atoms with van der Waals surface area (Å²) in [6.45, 7) is 0. The van der Waals surface area contributed by atoms with Gasteiger partial charge in [-0.1, -0.05) is 6.07 Å². The Balaban J connectivity index is 2.70. The minimum Gasteiger partial charge on any atom is -0.303 e. The molecule has 0 N–H and O–H groups in total. The average molecular weight is 280 g/mol. The molecule has 0 aliphatic rings. The molecule has 0 bridgehead atoms. The van der Waals surface area contributed by atoms with Crippen molar-refractivity contribution >= 4 is 5.78 Å². The molecule has 0 atom stereocenters. The van der Waals surface area contributed by atoms with Gasteiger partial charge < -0.3 is 4.57 Å². The smallest absolute Gasteiger partial charge is 0.303 e. The molecule has 0 aliphatic heterocycles. The normalized spacial score (nSPS) is 10.6. The van der Waals surface area contributed by atoms with Crippen LogP contribution < -0.4 is 11.2 Å². The van der Waals surface area contributed by atoms with Crippen molar-refractivity contribution in [2.24, 2.45) is 14.1 Å². The number of hydrogen-bond donors (Lipinski definition) is 0. The predicted molar refractivity (Wildman–Crippen MR) is 66.7 cm³/mol. The third-order valence-electron chi connectivity index (χ3n) is 2.89. The summed E-state index contributed by atoms with van der Waals surface area (Å²) in [5, 5.41) is 0.